The Morgan fingerprint density at radius 1 is 1.15 bits per heavy atom. The van der Waals surface area contributed by atoms with E-state index in [9.17, 15) is 9.59 Å². The molecule has 26 heavy (non-hydrogen) atoms. The minimum absolute atomic E-state index is 0.204. The Hall–Kier alpha value is -1.68. The molecule has 0 radical (unpaired) electrons. The molecule has 0 unspecified atom stereocenters. The van der Waals surface area contributed by atoms with Crippen molar-refractivity contribution in [2.24, 2.45) is 5.41 Å². The van der Waals surface area contributed by atoms with Gasteiger partial charge in [-0.3, -0.25) is 9.59 Å². The molecule has 0 amide bonds. The van der Waals surface area contributed by atoms with Gasteiger partial charge >= 0.3 is 5.97 Å². The fourth-order valence-corrected chi connectivity index (χ4v) is 4.14. The third-order valence-electron chi connectivity index (χ3n) is 5.60. The Kier molecular flexibility index (Phi) is 7.39. The minimum Gasteiger partial charge on any atom is -0.469 e. The molecule has 1 aliphatic carbocycles. The smallest absolute Gasteiger partial charge is 0.306 e. The van der Waals surface area contributed by atoms with Gasteiger partial charge in [0.25, 0.3) is 0 Å². The van der Waals surface area contributed by atoms with Crippen LogP contribution in [0.2, 0.25) is 0 Å². The van der Waals surface area contributed by atoms with E-state index in [0.717, 1.165) is 36.8 Å². The molecule has 0 spiro atoms. The molecule has 0 N–H and O–H groups in total. The maximum atomic E-state index is 12.8. The van der Waals surface area contributed by atoms with Gasteiger partial charge in [-0.15, -0.1) is 0 Å². The molecule has 0 heterocycles. The first kappa shape index (κ1) is 20.6. The quantitative estimate of drug-likeness (QED) is 0.647. The van der Waals surface area contributed by atoms with Gasteiger partial charge in [-0.2, -0.15) is 0 Å². The second-order valence-corrected chi connectivity index (χ2v) is 7.73. The number of aryl methyl sites for hydroxylation is 2. The van der Waals surface area contributed by atoms with E-state index < -0.39 is 0 Å². The summed E-state index contributed by atoms with van der Waals surface area (Å²) in [6.07, 6.45) is 4.93. The second-order valence-electron chi connectivity index (χ2n) is 7.73. The van der Waals surface area contributed by atoms with Gasteiger partial charge in [0, 0.05) is 19.4 Å². The molecule has 4 nitrogen and oxygen atoms in total. The van der Waals surface area contributed by atoms with Crippen LogP contribution in [0.4, 0.5) is 0 Å². The van der Waals surface area contributed by atoms with Crippen molar-refractivity contribution >= 4 is 11.8 Å². The first-order chi connectivity index (χ1) is 12.4. The maximum absolute atomic E-state index is 12.8. The Balaban J connectivity index is 2.06. The van der Waals surface area contributed by atoms with E-state index in [0.29, 0.717) is 25.9 Å². The van der Waals surface area contributed by atoms with Crippen molar-refractivity contribution in [3.8, 4) is 0 Å². The van der Waals surface area contributed by atoms with E-state index in [4.69, 9.17) is 9.47 Å². The maximum Gasteiger partial charge on any atom is 0.306 e. The van der Waals surface area contributed by atoms with Gasteiger partial charge in [-0.25, -0.2) is 0 Å². The van der Waals surface area contributed by atoms with Crippen molar-refractivity contribution in [2.75, 3.05) is 13.7 Å². The molecule has 1 aliphatic rings. The number of Topliss-reactive ketones (excluding diaryl/α,β-unsaturated/α-hetero) is 1. The van der Waals surface area contributed by atoms with Crippen molar-refractivity contribution in [1.29, 1.82) is 0 Å². The van der Waals surface area contributed by atoms with Crippen LogP contribution < -0.4 is 0 Å². The minimum atomic E-state index is -0.281. The summed E-state index contributed by atoms with van der Waals surface area (Å²) in [5.74, 6) is -0.0186. The number of carbonyl (C=O) groups excluding carboxylic acids is 2. The second kappa shape index (κ2) is 9.31. The Morgan fingerprint density at radius 2 is 1.85 bits per heavy atom. The molecule has 1 saturated carbocycles. The lowest BCUT2D eigenvalue weighted by Gasteiger charge is -2.39. The van der Waals surface area contributed by atoms with Crippen LogP contribution >= 0.6 is 0 Å². The number of carbonyl (C=O) groups is 2. The molecule has 1 fully saturated rings. The number of hydrogen-bond donors (Lipinski definition) is 0. The third kappa shape index (κ3) is 5.66. The lowest BCUT2D eigenvalue weighted by atomic mass is 9.67. The SMILES string of the molecule is CCOC1CCC(CC(=O)Cc2ccc(C)cc2C)(CC(=O)OC)CC1. The van der Waals surface area contributed by atoms with Crippen LogP contribution in [0.25, 0.3) is 0 Å². The Morgan fingerprint density at radius 3 is 2.42 bits per heavy atom. The predicted molar refractivity (Wildman–Crippen MR) is 102 cm³/mol. The van der Waals surface area contributed by atoms with Crippen molar-refractivity contribution in [3.63, 3.8) is 0 Å². The zero-order valence-electron chi connectivity index (χ0n) is 16.6. The highest BCUT2D eigenvalue weighted by molar-refractivity contribution is 5.82. The number of esters is 1. The van der Waals surface area contributed by atoms with Gasteiger partial charge < -0.3 is 9.47 Å². The van der Waals surface area contributed by atoms with E-state index in [1.54, 1.807) is 0 Å². The van der Waals surface area contributed by atoms with Crippen LogP contribution in [-0.2, 0) is 25.5 Å². The van der Waals surface area contributed by atoms with Gasteiger partial charge in [-0.05, 0) is 63.0 Å². The standard InChI is InChI=1S/C22H32O4/c1-5-26-20-8-10-22(11-9-20,15-21(24)25-4)14-19(23)13-18-7-6-16(2)12-17(18)3/h6-7,12,20H,5,8-11,13-15H2,1-4H3. The normalized spacial score (nSPS) is 22.8. The van der Waals surface area contributed by atoms with E-state index in [-0.39, 0.29) is 23.3 Å². The average molecular weight is 360 g/mol. The monoisotopic (exact) mass is 360 g/mol. The van der Waals surface area contributed by atoms with Gasteiger partial charge in [0.1, 0.15) is 5.78 Å². The summed E-state index contributed by atoms with van der Waals surface area (Å²) in [5.41, 5.74) is 3.16. The molecule has 144 valence electrons. The van der Waals surface area contributed by atoms with Gasteiger partial charge in [0.15, 0.2) is 0 Å². The fourth-order valence-electron chi connectivity index (χ4n) is 4.14. The lowest BCUT2D eigenvalue weighted by Crippen LogP contribution is -2.35. The lowest BCUT2D eigenvalue weighted by molar-refractivity contribution is -0.145. The zero-order chi connectivity index (χ0) is 19.2. The number of rotatable bonds is 8. The number of benzene rings is 1. The highest BCUT2D eigenvalue weighted by Gasteiger charge is 2.39. The summed E-state index contributed by atoms with van der Waals surface area (Å²) in [7, 11) is 1.42. The third-order valence-corrected chi connectivity index (χ3v) is 5.60. The molecule has 0 aliphatic heterocycles. The highest BCUT2D eigenvalue weighted by Crippen LogP contribution is 2.43. The summed E-state index contributed by atoms with van der Waals surface area (Å²) >= 11 is 0. The topological polar surface area (TPSA) is 52.6 Å². The molecule has 1 aromatic rings. The molecular weight excluding hydrogens is 328 g/mol. The summed E-state index contributed by atoms with van der Waals surface area (Å²) in [5, 5.41) is 0. The first-order valence-corrected chi connectivity index (χ1v) is 9.64. The zero-order valence-corrected chi connectivity index (χ0v) is 16.6. The predicted octanol–water partition coefficient (Wildman–Crippen LogP) is 4.33. The molecule has 0 bridgehead atoms. The van der Waals surface area contributed by atoms with E-state index >= 15 is 0 Å². The molecule has 2 rings (SSSR count). The van der Waals surface area contributed by atoms with Gasteiger partial charge in [0.05, 0.1) is 19.6 Å². The van der Waals surface area contributed by atoms with Gasteiger partial charge in [-0.1, -0.05) is 23.8 Å². The molecule has 0 atom stereocenters. The Labute approximate surface area is 157 Å². The summed E-state index contributed by atoms with van der Waals surface area (Å²) in [6.45, 7) is 6.82. The number of hydrogen-bond acceptors (Lipinski definition) is 4. The first-order valence-electron chi connectivity index (χ1n) is 9.64. The van der Waals surface area contributed by atoms with Crippen molar-refractivity contribution in [3.05, 3.63) is 34.9 Å². The van der Waals surface area contributed by atoms with Crippen LogP contribution in [0.15, 0.2) is 18.2 Å². The fraction of sp³-hybridized carbons (Fsp3) is 0.636. The molecule has 4 heteroatoms. The summed E-state index contributed by atoms with van der Waals surface area (Å²) in [4.78, 5) is 24.8. The van der Waals surface area contributed by atoms with Crippen LogP contribution in [0.5, 0.6) is 0 Å². The number of ketones is 1. The average Bonchev–Trinajstić information content (AvgIpc) is 2.59. The number of methoxy groups -OCH3 is 1. The van der Waals surface area contributed by atoms with Crippen LogP contribution in [-0.4, -0.2) is 31.6 Å². The van der Waals surface area contributed by atoms with E-state index in [1.165, 1.54) is 12.7 Å². The molecule has 0 saturated heterocycles. The van der Waals surface area contributed by atoms with E-state index in [1.807, 2.05) is 26.0 Å². The molecular formula is C22H32O4. The van der Waals surface area contributed by atoms with Crippen molar-refractivity contribution in [2.45, 2.75) is 71.8 Å². The highest BCUT2D eigenvalue weighted by atomic mass is 16.5. The van der Waals surface area contributed by atoms with Crippen LogP contribution in [0.1, 0.15) is 62.1 Å². The van der Waals surface area contributed by atoms with Crippen LogP contribution in [0, 0.1) is 19.3 Å². The van der Waals surface area contributed by atoms with Crippen LogP contribution in [0.3, 0.4) is 0 Å². The summed E-state index contributed by atoms with van der Waals surface area (Å²) < 4.78 is 10.6. The molecule has 1 aromatic carbocycles. The largest absolute Gasteiger partial charge is 0.469 e. The van der Waals surface area contributed by atoms with Gasteiger partial charge in [0.2, 0.25) is 0 Å². The number of ether oxygens (including phenoxy) is 2. The van der Waals surface area contributed by atoms with Crippen molar-refractivity contribution in [1.82, 2.24) is 0 Å². The summed E-state index contributed by atoms with van der Waals surface area (Å²) in [6, 6.07) is 6.20. The van der Waals surface area contributed by atoms with Crippen molar-refractivity contribution < 1.29 is 19.1 Å². The Bertz CT molecular complexity index is 627. The van der Waals surface area contributed by atoms with E-state index in [2.05, 4.69) is 13.0 Å². The molecule has 0 aromatic heterocycles.